The summed E-state index contributed by atoms with van der Waals surface area (Å²) in [5.41, 5.74) is 5.04. The van der Waals surface area contributed by atoms with Crippen molar-refractivity contribution in [2.45, 2.75) is 26.2 Å². The van der Waals surface area contributed by atoms with E-state index in [0.717, 1.165) is 23.4 Å². The van der Waals surface area contributed by atoms with Crippen LogP contribution in [0.25, 0.3) is 0 Å². The number of hydrogen-bond donors (Lipinski definition) is 2. The highest BCUT2D eigenvalue weighted by molar-refractivity contribution is 5.99. The van der Waals surface area contributed by atoms with Crippen molar-refractivity contribution in [3.05, 3.63) is 59.7 Å². The Balaban J connectivity index is 2.23. The van der Waals surface area contributed by atoms with Crippen LogP contribution < -0.4 is 10.2 Å². The van der Waals surface area contributed by atoms with Crippen LogP contribution in [0.1, 0.15) is 37.3 Å². The van der Waals surface area contributed by atoms with E-state index in [-0.39, 0.29) is 0 Å². The van der Waals surface area contributed by atoms with Crippen LogP contribution in [0.5, 0.6) is 5.75 Å². The molecule has 2 N–H and O–H groups in total. The number of rotatable bonds is 5. The smallest absolute Gasteiger partial charge is 0.157 e. The lowest BCUT2D eigenvalue weighted by molar-refractivity contribution is 0.235. The molecule has 0 aliphatic heterocycles. The highest BCUT2D eigenvalue weighted by Crippen LogP contribution is 2.22. The van der Waals surface area contributed by atoms with Crippen molar-refractivity contribution >= 4 is 11.5 Å². The van der Waals surface area contributed by atoms with Crippen LogP contribution in [-0.2, 0) is 0 Å². The molecule has 0 spiro atoms. The SMILES string of the molecule is CCC(C)c1ccc(N=C(NO)c2ccc(OC)cc2)cc1. The number of amidine groups is 1. The monoisotopic (exact) mass is 298 g/mol. The van der Waals surface area contributed by atoms with Crippen molar-refractivity contribution in [1.82, 2.24) is 5.48 Å². The number of benzene rings is 2. The summed E-state index contributed by atoms with van der Waals surface area (Å²) in [5, 5.41) is 9.34. The second kappa shape index (κ2) is 7.61. The Morgan fingerprint density at radius 1 is 1.14 bits per heavy atom. The predicted octanol–water partition coefficient (Wildman–Crippen LogP) is 4.27. The first kappa shape index (κ1) is 16.0. The van der Waals surface area contributed by atoms with Crippen molar-refractivity contribution in [3.63, 3.8) is 0 Å². The number of methoxy groups -OCH3 is 1. The van der Waals surface area contributed by atoms with E-state index in [4.69, 9.17) is 4.74 Å². The molecule has 0 aliphatic carbocycles. The van der Waals surface area contributed by atoms with Crippen molar-refractivity contribution < 1.29 is 9.94 Å². The van der Waals surface area contributed by atoms with Crippen LogP contribution in [0.3, 0.4) is 0 Å². The minimum Gasteiger partial charge on any atom is -0.497 e. The summed E-state index contributed by atoms with van der Waals surface area (Å²) < 4.78 is 5.12. The molecule has 1 unspecified atom stereocenters. The van der Waals surface area contributed by atoms with Crippen molar-refractivity contribution in [1.29, 1.82) is 0 Å². The molecule has 4 heteroatoms. The van der Waals surface area contributed by atoms with Gasteiger partial charge in [0.25, 0.3) is 0 Å². The molecule has 116 valence electrons. The van der Waals surface area contributed by atoms with Gasteiger partial charge in [-0.1, -0.05) is 26.0 Å². The number of aliphatic imine (C=N–C) groups is 1. The molecule has 2 aromatic carbocycles. The first-order valence-corrected chi connectivity index (χ1v) is 7.41. The van der Waals surface area contributed by atoms with Gasteiger partial charge in [-0.25, -0.2) is 4.99 Å². The third-order valence-electron chi connectivity index (χ3n) is 3.78. The Kier molecular flexibility index (Phi) is 5.55. The average molecular weight is 298 g/mol. The fourth-order valence-electron chi connectivity index (χ4n) is 2.15. The molecule has 0 saturated heterocycles. The average Bonchev–Trinajstić information content (AvgIpc) is 2.59. The molecule has 2 rings (SSSR count). The van der Waals surface area contributed by atoms with Crippen molar-refractivity contribution in [2.24, 2.45) is 4.99 Å². The van der Waals surface area contributed by atoms with Crippen LogP contribution in [0, 0.1) is 0 Å². The summed E-state index contributed by atoms with van der Waals surface area (Å²) in [4.78, 5) is 4.44. The number of nitrogens with zero attached hydrogens (tertiary/aromatic N) is 1. The number of ether oxygens (including phenoxy) is 1. The molecule has 0 radical (unpaired) electrons. The zero-order chi connectivity index (χ0) is 15.9. The normalized spacial score (nSPS) is 12.8. The number of nitrogens with one attached hydrogen (secondary N) is 1. The molecule has 0 fully saturated rings. The molecule has 0 aliphatic rings. The topological polar surface area (TPSA) is 53.9 Å². The van der Waals surface area contributed by atoms with Crippen molar-refractivity contribution in [2.75, 3.05) is 7.11 Å². The van der Waals surface area contributed by atoms with Crippen LogP contribution in [0.15, 0.2) is 53.5 Å². The Hall–Kier alpha value is -2.33. The second-order valence-corrected chi connectivity index (χ2v) is 5.20. The molecule has 0 amide bonds. The zero-order valence-electron chi connectivity index (χ0n) is 13.2. The molecule has 22 heavy (non-hydrogen) atoms. The first-order valence-electron chi connectivity index (χ1n) is 7.41. The maximum atomic E-state index is 9.34. The summed E-state index contributed by atoms with van der Waals surface area (Å²) in [7, 11) is 1.62. The van der Waals surface area contributed by atoms with Gasteiger partial charge in [0.1, 0.15) is 5.75 Å². The predicted molar refractivity (Wildman–Crippen MR) is 89.3 cm³/mol. The van der Waals surface area contributed by atoms with E-state index in [2.05, 4.69) is 36.5 Å². The highest BCUT2D eigenvalue weighted by atomic mass is 16.5. The fourth-order valence-corrected chi connectivity index (χ4v) is 2.15. The van der Waals surface area contributed by atoms with Gasteiger partial charge in [-0.15, -0.1) is 0 Å². The van der Waals surface area contributed by atoms with Crippen molar-refractivity contribution in [3.8, 4) is 5.75 Å². The fraction of sp³-hybridized carbons (Fsp3) is 0.278. The van der Waals surface area contributed by atoms with E-state index in [1.54, 1.807) is 7.11 Å². The number of hydrogen-bond acceptors (Lipinski definition) is 3. The van der Waals surface area contributed by atoms with Gasteiger partial charge in [0.2, 0.25) is 0 Å². The van der Waals surface area contributed by atoms with Gasteiger partial charge < -0.3 is 4.74 Å². The van der Waals surface area contributed by atoms with Crippen LogP contribution in [-0.4, -0.2) is 18.2 Å². The van der Waals surface area contributed by atoms with E-state index < -0.39 is 0 Å². The van der Waals surface area contributed by atoms with Crippen LogP contribution in [0.4, 0.5) is 5.69 Å². The summed E-state index contributed by atoms with van der Waals surface area (Å²) in [6.45, 7) is 4.38. The minimum atomic E-state index is 0.402. The van der Waals surface area contributed by atoms with Crippen LogP contribution in [0.2, 0.25) is 0 Å². The molecule has 0 heterocycles. The second-order valence-electron chi connectivity index (χ2n) is 5.20. The molecular weight excluding hydrogens is 276 g/mol. The van der Waals surface area contributed by atoms with Gasteiger partial charge in [0, 0.05) is 5.56 Å². The van der Waals surface area contributed by atoms with Gasteiger partial charge in [-0.05, 0) is 54.3 Å². The Morgan fingerprint density at radius 3 is 2.27 bits per heavy atom. The maximum absolute atomic E-state index is 9.34. The van der Waals surface area contributed by atoms with Gasteiger partial charge >= 0.3 is 0 Å². The lowest BCUT2D eigenvalue weighted by Crippen LogP contribution is -2.19. The van der Waals surface area contributed by atoms with E-state index in [1.807, 2.05) is 36.4 Å². The maximum Gasteiger partial charge on any atom is 0.157 e. The van der Waals surface area contributed by atoms with E-state index in [1.165, 1.54) is 5.56 Å². The standard InChI is InChI=1S/C18H22N2O2/c1-4-13(2)14-5-9-16(10-6-14)19-18(20-21)15-7-11-17(22-3)12-8-15/h5-13,21H,4H2,1-3H3,(H,19,20). The molecule has 0 bridgehead atoms. The summed E-state index contributed by atoms with van der Waals surface area (Å²) in [5.74, 6) is 1.70. The minimum absolute atomic E-state index is 0.402. The third kappa shape index (κ3) is 3.86. The number of hydroxylamine groups is 1. The van der Waals surface area contributed by atoms with E-state index in [9.17, 15) is 5.21 Å². The highest BCUT2D eigenvalue weighted by Gasteiger charge is 2.05. The summed E-state index contributed by atoms with van der Waals surface area (Å²) >= 11 is 0. The largest absolute Gasteiger partial charge is 0.497 e. The zero-order valence-corrected chi connectivity index (χ0v) is 13.2. The first-order chi connectivity index (χ1) is 10.7. The van der Waals surface area contributed by atoms with Gasteiger partial charge in [-0.2, -0.15) is 0 Å². The Morgan fingerprint density at radius 2 is 1.77 bits per heavy atom. The van der Waals surface area contributed by atoms with Gasteiger partial charge in [0.05, 0.1) is 12.8 Å². The van der Waals surface area contributed by atoms with Crippen LogP contribution >= 0.6 is 0 Å². The van der Waals surface area contributed by atoms with Gasteiger partial charge in [0.15, 0.2) is 5.84 Å². The summed E-state index contributed by atoms with van der Waals surface area (Å²) in [6.07, 6.45) is 1.11. The Bertz CT molecular complexity index is 619. The molecule has 0 saturated carbocycles. The quantitative estimate of drug-likeness (QED) is 0.492. The lowest BCUT2D eigenvalue weighted by Gasteiger charge is -2.09. The molecule has 2 aromatic rings. The third-order valence-corrected chi connectivity index (χ3v) is 3.78. The van der Waals surface area contributed by atoms with E-state index >= 15 is 0 Å². The lowest BCUT2D eigenvalue weighted by atomic mass is 9.99. The molecule has 0 aromatic heterocycles. The van der Waals surface area contributed by atoms with E-state index in [0.29, 0.717) is 11.8 Å². The summed E-state index contributed by atoms with van der Waals surface area (Å²) in [6, 6.07) is 15.4. The molecule has 1 atom stereocenters. The molecule has 4 nitrogen and oxygen atoms in total. The van der Waals surface area contributed by atoms with Gasteiger partial charge in [-0.3, -0.25) is 10.7 Å². The molecular formula is C18H22N2O2. The Labute approximate surface area is 131 Å².